The van der Waals surface area contributed by atoms with Gasteiger partial charge in [0.25, 0.3) is 0 Å². The fourth-order valence-corrected chi connectivity index (χ4v) is 2.16. The Kier molecular flexibility index (Phi) is 3.93. The second-order valence-electron chi connectivity index (χ2n) is 3.67. The number of benzene rings is 1. The molecule has 0 atom stereocenters. The Morgan fingerprint density at radius 2 is 2.33 bits per heavy atom. The van der Waals surface area contributed by atoms with Crippen molar-refractivity contribution in [1.29, 1.82) is 0 Å². The second-order valence-corrected chi connectivity index (χ2v) is 4.62. The topological polar surface area (TPSA) is 72.7 Å². The van der Waals surface area contributed by atoms with Gasteiger partial charge in [0.15, 0.2) is 0 Å². The van der Waals surface area contributed by atoms with E-state index in [0.29, 0.717) is 10.9 Å². The summed E-state index contributed by atoms with van der Waals surface area (Å²) in [5.74, 6) is 0.238. The zero-order valence-electron chi connectivity index (χ0n) is 10.1. The van der Waals surface area contributed by atoms with Gasteiger partial charge in [0.2, 0.25) is 11.1 Å². The van der Waals surface area contributed by atoms with E-state index in [2.05, 4.69) is 20.8 Å². The second kappa shape index (κ2) is 5.63. The highest BCUT2D eigenvalue weighted by Gasteiger charge is 2.10. The molecule has 94 valence electrons. The maximum Gasteiger partial charge on any atom is 0.230 e. The first-order valence-electron chi connectivity index (χ1n) is 5.39. The lowest BCUT2D eigenvalue weighted by molar-refractivity contribution is -0.118. The van der Waals surface area contributed by atoms with Crippen molar-refractivity contribution in [3.8, 4) is 5.69 Å². The van der Waals surface area contributed by atoms with Crippen molar-refractivity contribution in [2.45, 2.75) is 12.1 Å². The van der Waals surface area contributed by atoms with Gasteiger partial charge in [-0.1, -0.05) is 23.9 Å². The molecule has 0 spiro atoms. The van der Waals surface area contributed by atoms with Crippen LogP contribution in [0.4, 0.5) is 0 Å². The Bertz CT molecular complexity index is 554. The van der Waals surface area contributed by atoms with Crippen LogP contribution >= 0.6 is 11.8 Å². The normalized spacial score (nSPS) is 10.3. The third-order valence-corrected chi connectivity index (χ3v) is 3.22. The molecule has 18 heavy (non-hydrogen) atoms. The number of tetrazole rings is 1. The van der Waals surface area contributed by atoms with E-state index in [1.807, 2.05) is 31.2 Å². The number of carbonyl (C=O) groups is 1. The predicted octanol–water partition coefficient (Wildman–Crippen LogP) is 0.809. The van der Waals surface area contributed by atoms with Crippen molar-refractivity contribution >= 4 is 17.7 Å². The van der Waals surface area contributed by atoms with E-state index >= 15 is 0 Å². The Morgan fingerprint density at radius 3 is 3.06 bits per heavy atom. The standard InChI is InChI=1S/C11H13N5OS/c1-8-4-3-5-9(6-8)16-11(13-14-15-16)18-7-10(17)12-2/h3-6H,7H2,1-2H3,(H,12,17). The predicted molar refractivity (Wildman–Crippen MR) is 68.7 cm³/mol. The summed E-state index contributed by atoms with van der Waals surface area (Å²) in [7, 11) is 1.60. The number of carbonyl (C=O) groups excluding carboxylic acids is 1. The lowest BCUT2D eigenvalue weighted by Crippen LogP contribution is -2.20. The van der Waals surface area contributed by atoms with E-state index < -0.39 is 0 Å². The van der Waals surface area contributed by atoms with Gasteiger partial charge in [0, 0.05) is 7.05 Å². The number of amides is 1. The molecule has 0 unspecified atom stereocenters. The molecule has 0 aliphatic carbocycles. The van der Waals surface area contributed by atoms with E-state index in [1.54, 1.807) is 11.7 Å². The van der Waals surface area contributed by atoms with Crippen molar-refractivity contribution in [3.63, 3.8) is 0 Å². The van der Waals surface area contributed by atoms with Crippen molar-refractivity contribution < 1.29 is 4.79 Å². The highest BCUT2D eigenvalue weighted by atomic mass is 32.2. The minimum absolute atomic E-state index is 0.0567. The van der Waals surface area contributed by atoms with Crippen LogP contribution in [0.1, 0.15) is 5.56 Å². The van der Waals surface area contributed by atoms with Crippen LogP contribution in [-0.4, -0.2) is 38.9 Å². The number of hydrogen-bond donors (Lipinski definition) is 1. The Labute approximate surface area is 109 Å². The summed E-state index contributed by atoms with van der Waals surface area (Å²) >= 11 is 1.30. The zero-order valence-corrected chi connectivity index (χ0v) is 10.9. The monoisotopic (exact) mass is 263 g/mol. The van der Waals surface area contributed by atoms with E-state index in [4.69, 9.17) is 0 Å². The molecular formula is C11H13N5OS. The largest absolute Gasteiger partial charge is 0.358 e. The lowest BCUT2D eigenvalue weighted by atomic mass is 10.2. The van der Waals surface area contributed by atoms with Crippen molar-refractivity contribution in [3.05, 3.63) is 29.8 Å². The molecule has 6 nitrogen and oxygen atoms in total. The number of aryl methyl sites for hydroxylation is 1. The molecule has 0 saturated heterocycles. The molecule has 1 aromatic heterocycles. The molecule has 0 radical (unpaired) electrons. The summed E-state index contributed by atoms with van der Waals surface area (Å²) in [5.41, 5.74) is 2.02. The third-order valence-electron chi connectivity index (χ3n) is 2.30. The van der Waals surface area contributed by atoms with Crippen molar-refractivity contribution in [2.24, 2.45) is 0 Å². The SMILES string of the molecule is CNC(=O)CSc1nnnn1-c1cccc(C)c1. The number of rotatable bonds is 4. The third kappa shape index (κ3) is 2.86. The smallest absolute Gasteiger partial charge is 0.230 e. The average molecular weight is 263 g/mol. The number of thioether (sulfide) groups is 1. The highest BCUT2D eigenvalue weighted by molar-refractivity contribution is 7.99. The molecule has 2 rings (SSSR count). The first-order valence-corrected chi connectivity index (χ1v) is 6.38. The summed E-state index contributed by atoms with van der Waals surface area (Å²) in [6, 6.07) is 7.86. The van der Waals surface area contributed by atoms with Crippen LogP contribution < -0.4 is 5.32 Å². The fraction of sp³-hybridized carbons (Fsp3) is 0.273. The van der Waals surface area contributed by atoms with E-state index in [-0.39, 0.29) is 5.91 Å². The van der Waals surface area contributed by atoms with Crippen molar-refractivity contribution in [2.75, 3.05) is 12.8 Å². The zero-order chi connectivity index (χ0) is 13.0. The average Bonchev–Trinajstić information content (AvgIpc) is 2.84. The van der Waals surface area contributed by atoms with E-state index in [0.717, 1.165) is 11.3 Å². The van der Waals surface area contributed by atoms with Crippen LogP contribution in [0.3, 0.4) is 0 Å². The number of hydrogen-bond acceptors (Lipinski definition) is 5. The molecule has 0 fully saturated rings. The minimum Gasteiger partial charge on any atom is -0.358 e. The summed E-state index contributed by atoms with van der Waals surface area (Å²) < 4.78 is 1.63. The highest BCUT2D eigenvalue weighted by Crippen LogP contribution is 2.18. The summed E-state index contributed by atoms with van der Waals surface area (Å²) in [4.78, 5) is 11.2. The lowest BCUT2D eigenvalue weighted by Gasteiger charge is -2.04. The molecular weight excluding hydrogens is 250 g/mol. The van der Waals surface area contributed by atoms with Gasteiger partial charge in [0.05, 0.1) is 11.4 Å². The Balaban J connectivity index is 2.20. The molecule has 1 N–H and O–H groups in total. The van der Waals surface area contributed by atoms with Gasteiger partial charge in [-0.2, -0.15) is 4.68 Å². The summed E-state index contributed by atoms with van der Waals surface area (Å²) in [6.07, 6.45) is 0. The van der Waals surface area contributed by atoms with Gasteiger partial charge >= 0.3 is 0 Å². The molecule has 0 saturated carbocycles. The van der Waals surface area contributed by atoms with Gasteiger partial charge in [-0.15, -0.1) is 5.10 Å². The van der Waals surface area contributed by atoms with E-state index in [1.165, 1.54) is 11.8 Å². The molecule has 2 aromatic rings. The maximum atomic E-state index is 11.2. The fourth-order valence-electron chi connectivity index (χ4n) is 1.39. The molecule has 0 bridgehead atoms. The van der Waals surface area contributed by atoms with Gasteiger partial charge in [-0.05, 0) is 35.0 Å². The first kappa shape index (κ1) is 12.6. The van der Waals surface area contributed by atoms with Crippen LogP contribution in [0, 0.1) is 6.92 Å². The molecule has 0 aliphatic heterocycles. The van der Waals surface area contributed by atoms with Crippen LogP contribution in [0.2, 0.25) is 0 Å². The quantitative estimate of drug-likeness (QED) is 0.826. The number of nitrogens with zero attached hydrogens (tertiary/aromatic N) is 4. The molecule has 7 heteroatoms. The van der Waals surface area contributed by atoms with Crippen LogP contribution in [0.5, 0.6) is 0 Å². The van der Waals surface area contributed by atoms with Gasteiger partial charge in [-0.25, -0.2) is 0 Å². The molecule has 1 aromatic carbocycles. The summed E-state index contributed by atoms with van der Waals surface area (Å²) in [5, 5.41) is 14.6. The van der Waals surface area contributed by atoms with Crippen molar-refractivity contribution in [1.82, 2.24) is 25.5 Å². The number of nitrogens with one attached hydrogen (secondary N) is 1. The molecule has 1 amide bonds. The summed E-state index contributed by atoms with van der Waals surface area (Å²) in [6.45, 7) is 2.01. The first-order chi connectivity index (χ1) is 8.70. The Morgan fingerprint density at radius 1 is 1.50 bits per heavy atom. The van der Waals surface area contributed by atoms with Crippen LogP contribution in [0.15, 0.2) is 29.4 Å². The molecule has 1 heterocycles. The van der Waals surface area contributed by atoms with Crippen LogP contribution in [-0.2, 0) is 4.79 Å². The minimum atomic E-state index is -0.0567. The van der Waals surface area contributed by atoms with Gasteiger partial charge in [-0.3, -0.25) is 4.79 Å². The maximum absolute atomic E-state index is 11.2. The molecule has 0 aliphatic rings. The van der Waals surface area contributed by atoms with Crippen LogP contribution in [0.25, 0.3) is 5.69 Å². The number of aromatic nitrogens is 4. The van der Waals surface area contributed by atoms with E-state index in [9.17, 15) is 4.79 Å². The Hall–Kier alpha value is -1.89. The van der Waals surface area contributed by atoms with Gasteiger partial charge < -0.3 is 5.32 Å². The van der Waals surface area contributed by atoms with Gasteiger partial charge in [0.1, 0.15) is 0 Å².